The Bertz CT molecular complexity index is 381. The Morgan fingerprint density at radius 2 is 2.12 bits per heavy atom. The first kappa shape index (κ1) is 14.2. The predicted molar refractivity (Wildman–Crippen MR) is 73.6 cm³/mol. The van der Waals surface area contributed by atoms with Gasteiger partial charge in [-0.1, -0.05) is 47.5 Å². The quantitative estimate of drug-likeness (QED) is 0.878. The van der Waals surface area contributed by atoms with Crippen LogP contribution in [-0.2, 0) is 4.79 Å². The highest BCUT2D eigenvalue weighted by molar-refractivity contribution is 9.10. The fourth-order valence-corrected chi connectivity index (χ4v) is 2.29. The van der Waals surface area contributed by atoms with E-state index in [4.69, 9.17) is 5.73 Å². The molecule has 1 rings (SSSR count). The van der Waals surface area contributed by atoms with Gasteiger partial charge in [0.15, 0.2) is 0 Å². The molecule has 1 amide bonds. The van der Waals surface area contributed by atoms with Crippen molar-refractivity contribution in [3.8, 4) is 0 Å². The van der Waals surface area contributed by atoms with Gasteiger partial charge in [0.1, 0.15) is 0 Å². The van der Waals surface area contributed by atoms with Crippen LogP contribution in [0.5, 0.6) is 0 Å². The average Bonchev–Trinajstić information content (AvgIpc) is 2.29. The number of rotatable bonds is 5. The van der Waals surface area contributed by atoms with Crippen molar-refractivity contribution in [3.63, 3.8) is 0 Å². The smallest absolute Gasteiger partial charge is 0.237 e. The molecule has 3 N–H and O–H groups in total. The molecule has 0 fully saturated rings. The first-order valence-electron chi connectivity index (χ1n) is 5.86. The number of hydrogen-bond acceptors (Lipinski definition) is 2. The fraction of sp³-hybridized carbons (Fsp3) is 0.462. The lowest BCUT2D eigenvalue weighted by molar-refractivity contribution is -0.123. The topological polar surface area (TPSA) is 55.1 Å². The van der Waals surface area contributed by atoms with Gasteiger partial charge in [-0.2, -0.15) is 0 Å². The van der Waals surface area contributed by atoms with E-state index in [1.165, 1.54) is 0 Å². The van der Waals surface area contributed by atoms with Crippen LogP contribution < -0.4 is 11.1 Å². The van der Waals surface area contributed by atoms with Gasteiger partial charge in [0.25, 0.3) is 0 Å². The summed E-state index contributed by atoms with van der Waals surface area (Å²) in [6.45, 7) is 3.97. The van der Waals surface area contributed by atoms with E-state index in [-0.39, 0.29) is 11.9 Å². The predicted octanol–water partition coefficient (Wildman–Crippen LogP) is 2.75. The zero-order valence-electron chi connectivity index (χ0n) is 10.2. The second kappa shape index (κ2) is 6.77. The molecule has 0 aliphatic rings. The highest BCUT2D eigenvalue weighted by Crippen LogP contribution is 2.22. The minimum atomic E-state index is -0.412. The highest BCUT2D eigenvalue weighted by Gasteiger charge is 2.16. The summed E-state index contributed by atoms with van der Waals surface area (Å²) in [5.74, 6) is -0.0879. The summed E-state index contributed by atoms with van der Waals surface area (Å²) in [6.07, 6.45) is 1.63. The van der Waals surface area contributed by atoms with Crippen LogP contribution in [0.3, 0.4) is 0 Å². The Morgan fingerprint density at radius 1 is 1.47 bits per heavy atom. The lowest BCUT2D eigenvalue weighted by Gasteiger charge is -2.18. The summed E-state index contributed by atoms with van der Waals surface area (Å²) >= 11 is 3.47. The Kier molecular flexibility index (Phi) is 5.65. The van der Waals surface area contributed by atoms with E-state index in [1.807, 2.05) is 38.1 Å². The van der Waals surface area contributed by atoms with Crippen molar-refractivity contribution < 1.29 is 4.79 Å². The van der Waals surface area contributed by atoms with Gasteiger partial charge in [-0.25, -0.2) is 0 Å². The van der Waals surface area contributed by atoms with Crippen molar-refractivity contribution in [2.24, 2.45) is 5.73 Å². The third-order valence-corrected chi connectivity index (χ3v) is 3.39. The van der Waals surface area contributed by atoms with Gasteiger partial charge in [0.05, 0.1) is 12.1 Å². The molecule has 2 atom stereocenters. The zero-order valence-corrected chi connectivity index (χ0v) is 11.8. The number of amides is 1. The molecule has 0 radical (unpaired) electrons. The first-order chi connectivity index (χ1) is 8.06. The van der Waals surface area contributed by atoms with Crippen molar-refractivity contribution >= 4 is 21.8 Å². The van der Waals surface area contributed by atoms with Gasteiger partial charge < -0.3 is 11.1 Å². The molecule has 1 aromatic rings. The third-order valence-electron chi connectivity index (χ3n) is 2.67. The van der Waals surface area contributed by atoms with E-state index in [1.54, 1.807) is 0 Å². The van der Waals surface area contributed by atoms with Crippen LogP contribution >= 0.6 is 15.9 Å². The van der Waals surface area contributed by atoms with Crippen molar-refractivity contribution in [2.75, 3.05) is 0 Å². The summed E-state index contributed by atoms with van der Waals surface area (Å²) in [5.41, 5.74) is 6.83. The second-order valence-electron chi connectivity index (χ2n) is 4.15. The molecule has 0 bridgehead atoms. The molecule has 4 heteroatoms. The summed E-state index contributed by atoms with van der Waals surface area (Å²) in [4.78, 5) is 11.8. The Morgan fingerprint density at radius 3 is 2.71 bits per heavy atom. The summed E-state index contributed by atoms with van der Waals surface area (Å²) in [5, 5.41) is 2.93. The van der Waals surface area contributed by atoms with Crippen molar-refractivity contribution in [3.05, 3.63) is 34.3 Å². The van der Waals surface area contributed by atoms with E-state index < -0.39 is 6.04 Å². The molecule has 0 saturated carbocycles. The second-order valence-corrected chi connectivity index (χ2v) is 5.00. The fourth-order valence-electron chi connectivity index (χ4n) is 1.67. The summed E-state index contributed by atoms with van der Waals surface area (Å²) in [6, 6.07) is 7.40. The highest BCUT2D eigenvalue weighted by atomic mass is 79.9. The Hall–Kier alpha value is -0.870. The van der Waals surface area contributed by atoms with Gasteiger partial charge in [-0.05, 0) is 25.0 Å². The molecule has 17 heavy (non-hydrogen) atoms. The molecule has 0 aliphatic heterocycles. The van der Waals surface area contributed by atoms with Crippen LogP contribution in [0.1, 0.15) is 38.3 Å². The standard InChI is InChI=1S/C13H19BrN2O/c1-3-6-12(15)13(17)16-9(2)10-7-4-5-8-11(10)14/h4-5,7-9,12H,3,6,15H2,1-2H3,(H,16,17)/t9-,12?/m1/s1. The van der Waals surface area contributed by atoms with E-state index in [2.05, 4.69) is 21.2 Å². The lowest BCUT2D eigenvalue weighted by Crippen LogP contribution is -2.41. The van der Waals surface area contributed by atoms with Gasteiger partial charge in [-0.15, -0.1) is 0 Å². The minimum absolute atomic E-state index is 0.0408. The van der Waals surface area contributed by atoms with Crippen LogP contribution in [0.25, 0.3) is 0 Å². The number of nitrogens with two attached hydrogens (primary N) is 1. The van der Waals surface area contributed by atoms with Crippen molar-refractivity contribution in [1.29, 1.82) is 0 Å². The number of benzene rings is 1. The molecule has 1 aromatic carbocycles. The molecular formula is C13H19BrN2O. The molecule has 94 valence electrons. The molecule has 1 unspecified atom stereocenters. The van der Waals surface area contributed by atoms with Gasteiger partial charge in [0.2, 0.25) is 5.91 Å². The van der Waals surface area contributed by atoms with Crippen LogP contribution in [0.15, 0.2) is 28.7 Å². The number of nitrogens with one attached hydrogen (secondary N) is 1. The van der Waals surface area contributed by atoms with Crippen LogP contribution in [0.2, 0.25) is 0 Å². The largest absolute Gasteiger partial charge is 0.348 e. The maximum atomic E-state index is 11.8. The van der Waals surface area contributed by atoms with E-state index in [0.29, 0.717) is 6.42 Å². The number of carbonyl (C=O) groups is 1. The van der Waals surface area contributed by atoms with E-state index >= 15 is 0 Å². The van der Waals surface area contributed by atoms with Gasteiger partial charge in [0, 0.05) is 4.47 Å². The molecular weight excluding hydrogens is 280 g/mol. The van der Waals surface area contributed by atoms with E-state index in [0.717, 1.165) is 16.5 Å². The maximum Gasteiger partial charge on any atom is 0.237 e. The van der Waals surface area contributed by atoms with E-state index in [9.17, 15) is 4.79 Å². The number of halogens is 1. The van der Waals surface area contributed by atoms with Gasteiger partial charge in [-0.3, -0.25) is 4.79 Å². The van der Waals surface area contributed by atoms with Crippen LogP contribution in [0, 0.1) is 0 Å². The maximum absolute atomic E-state index is 11.8. The van der Waals surface area contributed by atoms with Crippen molar-refractivity contribution in [2.45, 2.75) is 38.8 Å². The van der Waals surface area contributed by atoms with Crippen LogP contribution in [-0.4, -0.2) is 11.9 Å². The molecule has 0 saturated heterocycles. The first-order valence-corrected chi connectivity index (χ1v) is 6.66. The molecule has 0 aliphatic carbocycles. The number of carbonyl (C=O) groups excluding carboxylic acids is 1. The molecule has 0 spiro atoms. The lowest BCUT2D eigenvalue weighted by atomic mass is 10.1. The Balaban J connectivity index is 2.63. The molecule has 0 aromatic heterocycles. The monoisotopic (exact) mass is 298 g/mol. The zero-order chi connectivity index (χ0) is 12.8. The normalized spacial score (nSPS) is 14.1. The van der Waals surface area contributed by atoms with Crippen molar-refractivity contribution in [1.82, 2.24) is 5.32 Å². The summed E-state index contributed by atoms with van der Waals surface area (Å²) in [7, 11) is 0. The third kappa shape index (κ3) is 4.13. The minimum Gasteiger partial charge on any atom is -0.348 e. The molecule has 3 nitrogen and oxygen atoms in total. The average molecular weight is 299 g/mol. The SMILES string of the molecule is CCCC(N)C(=O)N[C@H](C)c1ccccc1Br. The van der Waals surface area contributed by atoms with Gasteiger partial charge >= 0.3 is 0 Å². The summed E-state index contributed by atoms with van der Waals surface area (Å²) < 4.78 is 0.997. The Labute approximate surface area is 111 Å². The molecule has 0 heterocycles. The van der Waals surface area contributed by atoms with Crippen LogP contribution in [0.4, 0.5) is 0 Å². The number of hydrogen-bond donors (Lipinski definition) is 2.